The van der Waals surface area contributed by atoms with Gasteiger partial charge < -0.3 is 28.5 Å². The minimum absolute atomic E-state index is 0.108. The zero-order chi connectivity index (χ0) is 33.9. The van der Waals surface area contributed by atoms with Gasteiger partial charge in [0, 0.05) is 34.0 Å². The second-order valence-corrected chi connectivity index (χ2v) is 12.8. The van der Waals surface area contributed by atoms with Crippen molar-refractivity contribution in [2.75, 3.05) is 38.8 Å². The summed E-state index contributed by atoms with van der Waals surface area (Å²) in [6.45, 7) is 2.58. The van der Waals surface area contributed by atoms with E-state index in [0.717, 1.165) is 30.7 Å². The summed E-state index contributed by atoms with van der Waals surface area (Å²) in [6, 6.07) is 15.8. The Kier molecular flexibility index (Phi) is 10.00. The number of aromatic carboxylic acids is 1. The van der Waals surface area contributed by atoms with Crippen molar-refractivity contribution >= 4 is 41.0 Å². The van der Waals surface area contributed by atoms with Gasteiger partial charge in [-0.1, -0.05) is 47.5 Å². The topological polar surface area (TPSA) is 129 Å². The van der Waals surface area contributed by atoms with E-state index in [4.69, 9.17) is 41.8 Å². The molecular formula is C35H35Cl2N3O8. The van der Waals surface area contributed by atoms with E-state index in [0.29, 0.717) is 40.8 Å². The van der Waals surface area contributed by atoms with Gasteiger partial charge in [-0.25, -0.2) is 4.79 Å². The van der Waals surface area contributed by atoms with Gasteiger partial charge in [-0.15, -0.1) is 0 Å². The van der Waals surface area contributed by atoms with E-state index >= 15 is 0 Å². The molecule has 3 saturated heterocycles. The summed E-state index contributed by atoms with van der Waals surface area (Å²) in [5, 5.41) is 22.9. The summed E-state index contributed by atoms with van der Waals surface area (Å²) in [5.74, 6) is -1.26. The van der Waals surface area contributed by atoms with E-state index in [-0.39, 0.29) is 40.4 Å². The number of aromatic nitrogens is 1. The summed E-state index contributed by atoms with van der Waals surface area (Å²) in [7, 11) is 3.01. The Balaban J connectivity index is 1.39. The number of benzene rings is 2. The molecule has 13 heteroatoms. The predicted molar refractivity (Wildman–Crippen MR) is 174 cm³/mol. The van der Waals surface area contributed by atoms with Crippen molar-refractivity contribution < 1.29 is 43.3 Å². The molecule has 4 aromatic rings. The maximum Gasteiger partial charge on any atom is 0.415 e. The Morgan fingerprint density at radius 1 is 1.04 bits per heavy atom. The molecule has 2 atom stereocenters. The zero-order valence-corrected chi connectivity index (χ0v) is 27.9. The first-order chi connectivity index (χ1) is 23.1. The van der Waals surface area contributed by atoms with Gasteiger partial charge in [0.1, 0.15) is 27.9 Å². The lowest BCUT2D eigenvalue weighted by Crippen LogP contribution is -2.53. The van der Waals surface area contributed by atoms with Gasteiger partial charge >= 0.3 is 6.09 Å². The van der Waals surface area contributed by atoms with Crippen molar-refractivity contribution in [3.63, 3.8) is 0 Å². The van der Waals surface area contributed by atoms with Crippen molar-refractivity contribution in [3.05, 3.63) is 105 Å². The van der Waals surface area contributed by atoms with Crippen LogP contribution in [0.5, 0.6) is 11.5 Å². The second-order valence-electron chi connectivity index (χ2n) is 12.0. The van der Waals surface area contributed by atoms with E-state index in [1.165, 1.54) is 31.5 Å². The number of nitrogens with zero attached hydrogens (tertiary/aromatic N) is 3. The fourth-order valence-electron chi connectivity index (χ4n) is 6.63. The molecule has 2 bridgehead atoms. The second kappa shape index (κ2) is 14.3. The van der Waals surface area contributed by atoms with E-state index < -0.39 is 23.7 Å². The highest BCUT2D eigenvalue weighted by molar-refractivity contribution is 6.35. The molecule has 1 N–H and O–H groups in total. The number of furan rings is 1. The number of anilines is 1. The van der Waals surface area contributed by atoms with Crippen LogP contribution in [0.1, 0.15) is 51.8 Å². The molecule has 11 nitrogen and oxygen atoms in total. The maximum absolute atomic E-state index is 13.8. The van der Waals surface area contributed by atoms with Crippen LogP contribution in [0.3, 0.4) is 0 Å². The summed E-state index contributed by atoms with van der Waals surface area (Å²) >= 11 is 13.0. The molecule has 252 valence electrons. The van der Waals surface area contributed by atoms with Crippen molar-refractivity contribution in [2.24, 2.45) is 5.92 Å². The number of fused-ring (bicyclic) bond motifs is 3. The molecule has 0 unspecified atom stereocenters. The van der Waals surface area contributed by atoms with E-state index in [9.17, 15) is 19.9 Å². The van der Waals surface area contributed by atoms with Gasteiger partial charge in [0.2, 0.25) is 12.4 Å². The van der Waals surface area contributed by atoms with Crippen LogP contribution in [0, 0.1) is 5.92 Å². The van der Waals surface area contributed by atoms with Gasteiger partial charge in [0.15, 0.2) is 17.3 Å². The van der Waals surface area contributed by atoms with Crippen molar-refractivity contribution in [3.8, 4) is 11.5 Å². The Bertz CT molecular complexity index is 1770. The van der Waals surface area contributed by atoms with E-state index in [2.05, 4.69) is 4.90 Å². The number of ether oxygens (including phenoxy) is 3. The largest absolute Gasteiger partial charge is 0.542 e. The molecule has 0 aliphatic carbocycles. The molecule has 1 amide bonds. The summed E-state index contributed by atoms with van der Waals surface area (Å²) in [4.78, 5) is 30.1. The van der Waals surface area contributed by atoms with Crippen molar-refractivity contribution in [1.82, 2.24) is 4.90 Å². The van der Waals surface area contributed by atoms with Crippen LogP contribution < -0.4 is 24.2 Å². The van der Waals surface area contributed by atoms with Crippen LogP contribution in [-0.2, 0) is 17.7 Å². The maximum atomic E-state index is 13.8. The number of rotatable bonds is 11. The number of halogens is 2. The normalized spacial score (nSPS) is 19.0. The summed E-state index contributed by atoms with van der Waals surface area (Å²) < 4.78 is 23.7. The fourth-order valence-corrected chi connectivity index (χ4v) is 7.24. The molecule has 3 aliphatic heterocycles. The predicted octanol–water partition coefficient (Wildman–Crippen LogP) is 5.10. The van der Waals surface area contributed by atoms with Crippen LogP contribution in [0.4, 0.5) is 10.5 Å². The first kappa shape index (κ1) is 33.5. The lowest BCUT2D eigenvalue weighted by molar-refractivity contribution is -0.904. The number of pyridine rings is 1. The highest BCUT2D eigenvalue weighted by Crippen LogP contribution is 2.40. The van der Waals surface area contributed by atoms with Crippen molar-refractivity contribution in [1.29, 1.82) is 0 Å². The molecule has 0 saturated carbocycles. The quantitative estimate of drug-likeness (QED) is 0.168. The van der Waals surface area contributed by atoms with E-state index in [1.807, 2.05) is 6.07 Å². The standard InChI is InChI=1S/C35H35Cl2N3O8/c1-45-30-9-8-22(14-31(30)46-2)25(16-27-28(36)18-39(44)19-29(27)37)26-15-24(47-33(26)34(41)42)17-40(23-6-4-3-5-7-23)35(43)48-32-20-38-12-10-21(32)11-13-38/h3-9,14-15,18-19,21,25,32H,10-13,16-17,20H2,1-2H3,(H-,41,42,44)/t25-,32-/m0/s1. The summed E-state index contributed by atoms with van der Waals surface area (Å²) in [6.07, 6.45) is 3.85. The number of piperidine rings is 3. The molecular weight excluding hydrogens is 661 g/mol. The molecule has 7 rings (SSSR count). The van der Waals surface area contributed by atoms with Gasteiger partial charge in [-0.2, -0.15) is 0 Å². The molecule has 3 fully saturated rings. The third-order valence-corrected chi connectivity index (χ3v) is 9.76. The average molecular weight is 697 g/mol. The van der Waals surface area contributed by atoms with Crippen LogP contribution >= 0.6 is 23.2 Å². The van der Waals surface area contributed by atoms with E-state index in [1.54, 1.807) is 48.5 Å². The minimum Gasteiger partial charge on any atom is -0.542 e. The highest BCUT2D eigenvalue weighted by atomic mass is 35.5. The third kappa shape index (κ3) is 7.03. The number of amides is 1. The minimum atomic E-state index is -1.54. The molecule has 0 spiro atoms. The first-order valence-electron chi connectivity index (χ1n) is 15.5. The molecule has 5 heterocycles. The summed E-state index contributed by atoms with van der Waals surface area (Å²) in [5.41, 5.74) is 1.93. The van der Waals surface area contributed by atoms with Crippen LogP contribution in [0.2, 0.25) is 10.0 Å². The van der Waals surface area contributed by atoms with Crippen LogP contribution in [-0.4, -0.2) is 62.1 Å². The number of para-hydroxylation sites is 1. The number of hydrogen-bond donors (Lipinski definition) is 1. The van der Waals surface area contributed by atoms with Gasteiger partial charge in [-0.3, -0.25) is 15.0 Å². The Morgan fingerprint density at radius 2 is 1.73 bits per heavy atom. The fraction of sp³-hybridized carbons (Fsp3) is 0.343. The monoisotopic (exact) mass is 695 g/mol. The molecule has 2 aromatic heterocycles. The lowest BCUT2D eigenvalue weighted by Gasteiger charge is -2.44. The number of carbonyl (C=O) groups excluding carboxylic acids is 2. The zero-order valence-electron chi connectivity index (χ0n) is 26.4. The molecule has 2 aromatic carbocycles. The lowest BCUT2D eigenvalue weighted by atomic mass is 9.85. The van der Waals surface area contributed by atoms with Crippen LogP contribution in [0.25, 0.3) is 0 Å². The number of carboxylic acid groups (broad SMARTS) is 1. The third-order valence-electron chi connectivity index (χ3n) is 9.11. The van der Waals surface area contributed by atoms with Crippen molar-refractivity contribution in [2.45, 2.75) is 37.8 Å². The SMILES string of the molecule is COc1ccc([C@H](Cc2c(Cl)c[n+](O)cc2Cl)c2cc(CN(C(=O)O[C@H]3CN4CCC3CC4)c3ccccc3)oc2C(=O)[O-])cc1OC. The van der Waals surface area contributed by atoms with Crippen LogP contribution in [0.15, 0.2) is 71.4 Å². The average Bonchev–Trinajstić information content (AvgIpc) is 3.51. The number of methoxy groups -OCH3 is 2. The van der Waals surface area contributed by atoms with Gasteiger partial charge in [0.05, 0.1) is 20.8 Å². The number of hydrogen-bond acceptors (Lipinski definition) is 9. The first-order valence-corrected chi connectivity index (χ1v) is 16.3. The number of carbonyl (C=O) groups is 2. The van der Waals surface area contributed by atoms with Gasteiger partial charge in [-0.05, 0) is 74.2 Å². The molecule has 0 radical (unpaired) electrons. The Labute approximate surface area is 287 Å². The molecule has 3 aliphatic rings. The Morgan fingerprint density at radius 3 is 2.33 bits per heavy atom. The number of carboxylic acids is 1. The Hall–Kier alpha value is -4.45. The highest BCUT2D eigenvalue weighted by Gasteiger charge is 2.38. The molecule has 48 heavy (non-hydrogen) atoms. The van der Waals surface area contributed by atoms with Gasteiger partial charge in [0.25, 0.3) is 0 Å². The smallest absolute Gasteiger partial charge is 0.415 e.